The zero-order valence-corrected chi connectivity index (χ0v) is 13.7. The molecule has 1 aromatic carbocycles. The number of nitrogens with zero attached hydrogens (tertiary/aromatic N) is 3. The molecule has 26 heavy (non-hydrogen) atoms. The molecule has 6 nitrogen and oxygen atoms in total. The van der Waals surface area contributed by atoms with E-state index in [-0.39, 0.29) is 22.6 Å². The zero-order chi connectivity index (χ0) is 19.0. The van der Waals surface area contributed by atoms with Gasteiger partial charge in [0.25, 0.3) is 12.0 Å². The number of hydrogen-bond donors (Lipinski definition) is 1. The van der Waals surface area contributed by atoms with E-state index in [9.17, 15) is 22.4 Å². The van der Waals surface area contributed by atoms with Gasteiger partial charge in [-0.3, -0.25) is 4.79 Å². The van der Waals surface area contributed by atoms with Crippen molar-refractivity contribution in [3.8, 4) is 5.75 Å². The standard InChI is InChI=1S/C16H14F4N4O2/c1-7(9-3-5-10(6-4-9)26-16(19)20)24-14-11(12(23-24)13(17)18)15(25)22-8(2)21-14/h3-7,13,16H,1-2H3,(H,21,22,25). The molecule has 0 aliphatic rings. The third-order valence-electron chi connectivity index (χ3n) is 3.87. The summed E-state index contributed by atoms with van der Waals surface area (Å²) in [6.07, 6.45) is -2.95. The van der Waals surface area contributed by atoms with Crippen LogP contribution in [0.2, 0.25) is 0 Å². The second-order valence-corrected chi connectivity index (χ2v) is 5.60. The Kier molecular flexibility index (Phi) is 4.66. The summed E-state index contributed by atoms with van der Waals surface area (Å²) in [6.45, 7) is 0.255. The number of halogens is 4. The van der Waals surface area contributed by atoms with E-state index in [1.165, 1.54) is 35.9 Å². The Morgan fingerprint density at radius 3 is 2.38 bits per heavy atom. The van der Waals surface area contributed by atoms with Crippen molar-refractivity contribution in [1.29, 1.82) is 0 Å². The number of rotatable bonds is 5. The monoisotopic (exact) mass is 370 g/mol. The fourth-order valence-electron chi connectivity index (χ4n) is 2.67. The van der Waals surface area contributed by atoms with Crippen LogP contribution in [0.4, 0.5) is 17.6 Å². The van der Waals surface area contributed by atoms with Crippen molar-refractivity contribution in [2.75, 3.05) is 0 Å². The van der Waals surface area contributed by atoms with Crippen molar-refractivity contribution < 1.29 is 22.3 Å². The topological polar surface area (TPSA) is 72.8 Å². The quantitative estimate of drug-likeness (QED) is 0.697. The summed E-state index contributed by atoms with van der Waals surface area (Å²) in [6, 6.07) is 5.13. The van der Waals surface area contributed by atoms with E-state index in [4.69, 9.17) is 0 Å². The molecule has 3 rings (SSSR count). The summed E-state index contributed by atoms with van der Waals surface area (Å²) in [5.74, 6) is 0.234. The highest BCUT2D eigenvalue weighted by molar-refractivity contribution is 5.77. The number of fused-ring (bicyclic) bond motifs is 1. The Morgan fingerprint density at radius 1 is 1.15 bits per heavy atom. The van der Waals surface area contributed by atoms with Gasteiger partial charge in [0.1, 0.15) is 22.7 Å². The normalized spacial score (nSPS) is 12.9. The van der Waals surface area contributed by atoms with Crippen LogP contribution in [0.5, 0.6) is 5.75 Å². The Morgan fingerprint density at radius 2 is 1.81 bits per heavy atom. The molecule has 0 amide bonds. The summed E-state index contributed by atoms with van der Waals surface area (Å²) < 4.78 is 56.5. The van der Waals surface area contributed by atoms with Gasteiger partial charge in [0.2, 0.25) is 0 Å². The average molecular weight is 370 g/mol. The van der Waals surface area contributed by atoms with Gasteiger partial charge in [-0.1, -0.05) is 12.1 Å². The second kappa shape index (κ2) is 6.77. The van der Waals surface area contributed by atoms with Crippen molar-refractivity contribution in [3.63, 3.8) is 0 Å². The van der Waals surface area contributed by atoms with Crippen LogP contribution in [0.3, 0.4) is 0 Å². The van der Waals surface area contributed by atoms with Gasteiger partial charge in [-0.2, -0.15) is 13.9 Å². The first kappa shape index (κ1) is 17.9. The van der Waals surface area contributed by atoms with Crippen molar-refractivity contribution in [2.24, 2.45) is 0 Å². The lowest BCUT2D eigenvalue weighted by atomic mass is 10.1. The molecule has 0 saturated carbocycles. The number of alkyl halides is 4. The third-order valence-corrected chi connectivity index (χ3v) is 3.87. The molecular weight excluding hydrogens is 356 g/mol. The molecule has 0 aliphatic carbocycles. The molecule has 1 N–H and O–H groups in total. The van der Waals surface area contributed by atoms with Crippen LogP contribution in [0.25, 0.3) is 11.0 Å². The van der Waals surface area contributed by atoms with Gasteiger partial charge < -0.3 is 9.72 Å². The number of nitrogens with one attached hydrogen (secondary N) is 1. The van der Waals surface area contributed by atoms with Crippen LogP contribution in [-0.4, -0.2) is 26.4 Å². The van der Waals surface area contributed by atoms with E-state index in [1.54, 1.807) is 6.92 Å². The number of aromatic nitrogens is 4. The first-order chi connectivity index (χ1) is 12.3. The molecule has 2 aromatic heterocycles. The Bertz CT molecular complexity index is 982. The Hall–Kier alpha value is -2.91. The number of aryl methyl sites for hydroxylation is 1. The molecule has 0 aliphatic heterocycles. The summed E-state index contributed by atoms with van der Waals surface area (Å²) in [5.41, 5.74) is -0.723. The molecule has 0 spiro atoms. The molecule has 138 valence electrons. The van der Waals surface area contributed by atoms with Crippen LogP contribution < -0.4 is 10.3 Å². The highest BCUT2D eigenvalue weighted by atomic mass is 19.3. The van der Waals surface area contributed by atoms with Crippen molar-refractivity contribution in [1.82, 2.24) is 19.7 Å². The van der Waals surface area contributed by atoms with Crippen LogP contribution >= 0.6 is 0 Å². The predicted molar refractivity (Wildman–Crippen MR) is 84.7 cm³/mol. The Balaban J connectivity index is 2.08. The van der Waals surface area contributed by atoms with E-state index in [0.717, 1.165) is 0 Å². The fourth-order valence-corrected chi connectivity index (χ4v) is 2.67. The molecule has 1 atom stereocenters. The van der Waals surface area contributed by atoms with E-state index in [0.29, 0.717) is 5.56 Å². The largest absolute Gasteiger partial charge is 0.435 e. The molecule has 0 saturated heterocycles. The summed E-state index contributed by atoms with van der Waals surface area (Å²) in [4.78, 5) is 18.6. The van der Waals surface area contributed by atoms with Gasteiger partial charge in [0.05, 0.1) is 6.04 Å². The maximum absolute atomic E-state index is 13.3. The number of ether oxygens (including phenoxy) is 1. The minimum absolute atomic E-state index is 0.0278. The first-order valence-electron chi connectivity index (χ1n) is 7.60. The van der Waals surface area contributed by atoms with Crippen LogP contribution in [0, 0.1) is 6.92 Å². The number of H-pyrrole nitrogens is 1. The van der Waals surface area contributed by atoms with Crippen LogP contribution in [0.15, 0.2) is 29.1 Å². The molecule has 2 heterocycles. The molecule has 0 radical (unpaired) electrons. The minimum Gasteiger partial charge on any atom is -0.435 e. The molecular formula is C16H14F4N4O2. The second-order valence-electron chi connectivity index (χ2n) is 5.60. The Labute approximate surface area is 144 Å². The van der Waals surface area contributed by atoms with E-state index >= 15 is 0 Å². The van der Waals surface area contributed by atoms with Gasteiger partial charge >= 0.3 is 6.61 Å². The van der Waals surface area contributed by atoms with Crippen molar-refractivity contribution >= 4 is 11.0 Å². The number of aromatic amines is 1. The smallest absolute Gasteiger partial charge is 0.387 e. The lowest BCUT2D eigenvalue weighted by molar-refractivity contribution is -0.0498. The fraction of sp³-hybridized carbons (Fsp3) is 0.312. The van der Waals surface area contributed by atoms with Crippen molar-refractivity contribution in [2.45, 2.75) is 32.9 Å². The average Bonchev–Trinajstić information content (AvgIpc) is 2.94. The van der Waals surface area contributed by atoms with Gasteiger partial charge in [-0.25, -0.2) is 18.4 Å². The van der Waals surface area contributed by atoms with E-state index in [1.807, 2.05) is 0 Å². The third kappa shape index (κ3) is 3.26. The molecule has 0 bridgehead atoms. The van der Waals surface area contributed by atoms with Gasteiger partial charge in [0.15, 0.2) is 5.65 Å². The van der Waals surface area contributed by atoms with Crippen molar-refractivity contribution in [3.05, 3.63) is 51.7 Å². The highest BCUT2D eigenvalue weighted by Crippen LogP contribution is 2.28. The first-order valence-corrected chi connectivity index (χ1v) is 7.60. The predicted octanol–water partition coefficient (Wildman–Crippen LogP) is 3.58. The van der Waals surface area contributed by atoms with Crippen LogP contribution in [0.1, 0.15) is 36.5 Å². The molecule has 0 fully saturated rings. The zero-order valence-electron chi connectivity index (χ0n) is 13.7. The molecule has 1 unspecified atom stereocenters. The van der Waals surface area contributed by atoms with E-state index in [2.05, 4.69) is 19.8 Å². The minimum atomic E-state index is -2.95. The van der Waals surface area contributed by atoms with Gasteiger partial charge in [-0.05, 0) is 31.5 Å². The lowest BCUT2D eigenvalue weighted by Gasteiger charge is -2.14. The van der Waals surface area contributed by atoms with Gasteiger partial charge in [0, 0.05) is 0 Å². The maximum Gasteiger partial charge on any atom is 0.387 e. The van der Waals surface area contributed by atoms with E-state index < -0.39 is 30.3 Å². The lowest BCUT2D eigenvalue weighted by Crippen LogP contribution is -2.13. The van der Waals surface area contributed by atoms with Gasteiger partial charge in [-0.15, -0.1) is 0 Å². The SMILES string of the molecule is Cc1nc2c(c(C(F)F)nn2C(C)c2ccc(OC(F)F)cc2)c(=O)[nH]1. The molecule has 10 heteroatoms. The summed E-state index contributed by atoms with van der Waals surface area (Å²) in [5, 5.41) is 3.60. The van der Waals surface area contributed by atoms with Crippen LogP contribution in [-0.2, 0) is 0 Å². The summed E-state index contributed by atoms with van der Waals surface area (Å²) >= 11 is 0. The number of benzene rings is 1. The summed E-state index contributed by atoms with van der Waals surface area (Å²) in [7, 11) is 0. The highest BCUT2D eigenvalue weighted by Gasteiger charge is 2.25. The number of hydrogen-bond acceptors (Lipinski definition) is 4. The maximum atomic E-state index is 13.3. The molecule has 3 aromatic rings.